The summed E-state index contributed by atoms with van der Waals surface area (Å²) in [5.74, 6) is -0.153. The van der Waals surface area contributed by atoms with Crippen molar-refractivity contribution < 1.29 is 9.53 Å². The summed E-state index contributed by atoms with van der Waals surface area (Å²) in [5, 5.41) is 3.36. The van der Waals surface area contributed by atoms with E-state index < -0.39 is 5.54 Å². The van der Waals surface area contributed by atoms with E-state index in [1.165, 1.54) is 32.9 Å². The fraction of sp³-hybridized carbons (Fsp3) is 0.938. The van der Waals surface area contributed by atoms with Crippen molar-refractivity contribution in [2.24, 2.45) is 0 Å². The molecular formula is C16H32N2O2. The molecule has 0 bridgehead atoms. The van der Waals surface area contributed by atoms with E-state index >= 15 is 0 Å². The molecule has 1 saturated heterocycles. The van der Waals surface area contributed by atoms with Crippen LogP contribution in [0.15, 0.2) is 0 Å². The van der Waals surface area contributed by atoms with Crippen LogP contribution in [0.5, 0.6) is 0 Å². The molecule has 1 rings (SSSR count). The van der Waals surface area contributed by atoms with Crippen molar-refractivity contribution in [1.29, 1.82) is 0 Å². The van der Waals surface area contributed by atoms with Crippen LogP contribution < -0.4 is 5.32 Å². The second kappa shape index (κ2) is 7.99. The first-order valence-electron chi connectivity index (χ1n) is 8.03. The summed E-state index contributed by atoms with van der Waals surface area (Å²) in [5.41, 5.74) is -0.565. The lowest BCUT2D eigenvalue weighted by Gasteiger charge is -2.31. The molecule has 2 atom stereocenters. The maximum atomic E-state index is 12.0. The van der Waals surface area contributed by atoms with Crippen molar-refractivity contribution in [1.82, 2.24) is 10.2 Å². The molecule has 0 aromatic rings. The van der Waals surface area contributed by atoms with Gasteiger partial charge in [-0.3, -0.25) is 10.1 Å². The molecule has 0 aromatic heterocycles. The van der Waals surface area contributed by atoms with Gasteiger partial charge < -0.3 is 9.64 Å². The highest BCUT2D eigenvalue weighted by atomic mass is 16.5. The van der Waals surface area contributed by atoms with Gasteiger partial charge in [-0.15, -0.1) is 0 Å². The van der Waals surface area contributed by atoms with Crippen LogP contribution in [-0.2, 0) is 9.53 Å². The van der Waals surface area contributed by atoms with Crippen LogP contribution in [0.25, 0.3) is 0 Å². The highest BCUT2D eigenvalue weighted by Gasteiger charge is 2.34. The molecule has 0 aliphatic carbocycles. The van der Waals surface area contributed by atoms with Gasteiger partial charge in [0.25, 0.3) is 0 Å². The molecule has 1 aliphatic rings. The van der Waals surface area contributed by atoms with Crippen LogP contribution in [0.4, 0.5) is 0 Å². The summed E-state index contributed by atoms with van der Waals surface area (Å²) >= 11 is 0. The number of likely N-dealkylation sites (tertiary alicyclic amines) is 1. The number of hydrogen-bond acceptors (Lipinski definition) is 4. The first-order chi connectivity index (χ1) is 9.42. The normalized spacial score (nSPS) is 23.0. The van der Waals surface area contributed by atoms with Crippen LogP contribution in [0.1, 0.15) is 59.8 Å². The number of ether oxygens (including phenoxy) is 1. The van der Waals surface area contributed by atoms with Gasteiger partial charge in [-0.2, -0.15) is 0 Å². The minimum Gasteiger partial charge on any atom is -0.468 e. The van der Waals surface area contributed by atoms with Crippen LogP contribution in [0.2, 0.25) is 0 Å². The Kier molecular flexibility index (Phi) is 6.96. The second-order valence-electron chi connectivity index (χ2n) is 6.47. The van der Waals surface area contributed by atoms with E-state index in [1.807, 2.05) is 6.92 Å². The predicted octanol–water partition coefficient (Wildman–Crippen LogP) is 2.57. The third-order valence-electron chi connectivity index (χ3n) is 4.34. The van der Waals surface area contributed by atoms with Crippen molar-refractivity contribution in [3.63, 3.8) is 0 Å². The van der Waals surface area contributed by atoms with Crippen molar-refractivity contribution >= 4 is 5.97 Å². The molecule has 0 amide bonds. The molecule has 0 saturated carbocycles. The van der Waals surface area contributed by atoms with Crippen LogP contribution in [-0.4, -0.2) is 48.7 Å². The van der Waals surface area contributed by atoms with E-state index in [2.05, 4.69) is 31.0 Å². The number of carbonyl (C=O) groups excluding carboxylic acids is 1. The van der Waals surface area contributed by atoms with Crippen molar-refractivity contribution in [3.8, 4) is 0 Å². The average molecular weight is 284 g/mol. The van der Waals surface area contributed by atoms with Crippen LogP contribution in [0, 0.1) is 0 Å². The zero-order valence-corrected chi connectivity index (χ0v) is 13.9. The zero-order chi connectivity index (χ0) is 15.2. The van der Waals surface area contributed by atoms with Crippen molar-refractivity contribution in [2.75, 3.05) is 20.2 Å². The lowest BCUT2D eigenvalue weighted by Crippen LogP contribution is -2.53. The Morgan fingerprint density at radius 3 is 2.75 bits per heavy atom. The lowest BCUT2D eigenvalue weighted by molar-refractivity contribution is -0.148. The topological polar surface area (TPSA) is 41.6 Å². The average Bonchev–Trinajstić information content (AvgIpc) is 2.84. The Labute approximate surface area is 124 Å². The van der Waals surface area contributed by atoms with Crippen LogP contribution >= 0.6 is 0 Å². The van der Waals surface area contributed by atoms with E-state index in [1.54, 1.807) is 0 Å². The Balaban J connectivity index is 2.48. The summed E-state index contributed by atoms with van der Waals surface area (Å²) in [6.07, 6.45) is 5.73. The molecule has 1 fully saturated rings. The Morgan fingerprint density at radius 1 is 1.50 bits per heavy atom. The van der Waals surface area contributed by atoms with E-state index in [0.717, 1.165) is 25.4 Å². The first kappa shape index (κ1) is 17.4. The standard InChI is InChI=1S/C16H32N2O2/c1-6-14-9-7-11-18(14)12-8-10-16(4,15(19)20-5)17-13(2)3/h13-14,17H,6-12H2,1-5H3. The molecule has 1 aliphatic heterocycles. The number of hydrogen-bond donors (Lipinski definition) is 1. The van der Waals surface area contributed by atoms with Gasteiger partial charge in [-0.1, -0.05) is 6.92 Å². The maximum Gasteiger partial charge on any atom is 0.325 e. The Hall–Kier alpha value is -0.610. The highest BCUT2D eigenvalue weighted by molar-refractivity contribution is 5.80. The minimum atomic E-state index is -0.565. The van der Waals surface area contributed by atoms with Gasteiger partial charge in [0, 0.05) is 12.1 Å². The van der Waals surface area contributed by atoms with Crippen LogP contribution in [0.3, 0.4) is 0 Å². The second-order valence-corrected chi connectivity index (χ2v) is 6.47. The van der Waals surface area contributed by atoms with E-state index in [-0.39, 0.29) is 12.0 Å². The molecule has 0 spiro atoms. The number of nitrogens with one attached hydrogen (secondary N) is 1. The summed E-state index contributed by atoms with van der Waals surface area (Å²) in [6.45, 7) is 10.7. The van der Waals surface area contributed by atoms with Gasteiger partial charge in [-0.05, 0) is 66.0 Å². The van der Waals surface area contributed by atoms with E-state index in [0.29, 0.717) is 0 Å². The van der Waals surface area contributed by atoms with Gasteiger partial charge in [0.05, 0.1) is 7.11 Å². The Morgan fingerprint density at radius 2 is 2.20 bits per heavy atom. The summed E-state index contributed by atoms with van der Waals surface area (Å²) in [4.78, 5) is 14.6. The Bertz CT molecular complexity index is 307. The third-order valence-corrected chi connectivity index (χ3v) is 4.34. The number of rotatable bonds is 8. The number of carbonyl (C=O) groups is 1. The number of esters is 1. The van der Waals surface area contributed by atoms with Crippen molar-refractivity contribution in [3.05, 3.63) is 0 Å². The number of methoxy groups -OCH3 is 1. The molecule has 20 heavy (non-hydrogen) atoms. The fourth-order valence-corrected chi connectivity index (χ4v) is 3.38. The van der Waals surface area contributed by atoms with E-state index in [9.17, 15) is 4.79 Å². The predicted molar refractivity (Wildman–Crippen MR) is 82.8 cm³/mol. The molecular weight excluding hydrogens is 252 g/mol. The SMILES string of the molecule is CCC1CCCN1CCCC(C)(NC(C)C)C(=O)OC. The summed E-state index contributed by atoms with van der Waals surface area (Å²) in [7, 11) is 1.47. The third kappa shape index (κ3) is 4.74. The molecule has 1 N–H and O–H groups in total. The molecule has 4 nitrogen and oxygen atoms in total. The molecule has 0 aromatic carbocycles. The van der Waals surface area contributed by atoms with Gasteiger partial charge in [0.15, 0.2) is 0 Å². The molecule has 118 valence electrons. The lowest BCUT2D eigenvalue weighted by atomic mass is 9.94. The quantitative estimate of drug-likeness (QED) is 0.696. The monoisotopic (exact) mass is 284 g/mol. The van der Waals surface area contributed by atoms with Gasteiger partial charge in [-0.25, -0.2) is 0 Å². The first-order valence-corrected chi connectivity index (χ1v) is 8.03. The van der Waals surface area contributed by atoms with Gasteiger partial charge >= 0.3 is 5.97 Å². The molecule has 1 heterocycles. The van der Waals surface area contributed by atoms with E-state index in [4.69, 9.17) is 4.74 Å². The number of nitrogens with zero attached hydrogens (tertiary/aromatic N) is 1. The fourth-order valence-electron chi connectivity index (χ4n) is 3.38. The molecule has 4 heteroatoms. The van der Waals surface area contributed by atoms with Gasteiger partial charge in [0.1, 0.15) is 5.54 Å². The zero-order valence-electron chi connectivity index (χ0n) is 13.9. The molecule has 2 unspecified atom stereocenters. The smallest absolute Gasteiger partial charge is 0.325 e. The molecule has 0 radical (unpaired) electrons. The largest absolute Gasteiger partial charge is 0.468 e. The van der Waals surface area contributed by atoms with Crippen molar-refractivity contribution in [2.45, 2.75) is 77.4 Å². The summed E-state index contributed by atoms with van der Waals surface area (Å²) in [6, 6.07) is 1.02. The maximum absolute atomic E-state index is 12.0. The minimum absolute atomic E-state index is 0.153. The summed E-state index contributed by atoms with van der Waals surface area (Å²) < 4.78 is 4.97. The van der Waals surface area contributed by atoms with Gasteiger partial charge in [0.2, 0.25) is 0 Å². The highest BCUT2D eigenvalue weighted by Crippen LogP contribution is 2.22.